The zero-order valence-electron chi connectivity index (χ0n) is 10.8. The molecule has 1 heterocycles. The second-order valence-corrected chi connectivity index (χ2v) is 8.42. The summed E-state index contributed by atoms with van der Waals surface area (Å²) >= 11 is 0. The molecule has 0 bridgehead atoms. The van der Waals surface area contributed by atoms with Crippen LogP contribution in [0.15, 0.2) is 12.4 Å². The van der Waals surface area contributed by atoms with Crippen LogP contribution in [0, 0.1) is 0 Å². The monoisotopic (exact) mass is 325 g/mol. The Kier molecular flexibility index (Phi) is 4.89. The lowest BCUT2D eigenvalue weighted by Gasteiger charge is -2.12. The Morgan fingerprint density at radius 2 is 2.00 bits per heavy atom. The molecule has 2 N–H and O–H groups in total. The first-order chi connectivity index (χ1) is 9.00. The van der Waals surface area contributed by atoms with Gasteiger partial charge in [-0.2, -0.15) is 9.82 Å². The van der Waals surface area contributed by atoms with Gasteiger partial charge >= 0.3 is 5.97 Å². The van der Waals surface area contributed by atoms with E-state index in [4.69, 9.17) is 5.11 Å². The third-order valence-corrected chi connectivity index (χ3v) is 4.87. The highest BCUT2D eigenvalue weighted by Crippen LogP contribution is 2.13. The van der Waals surface area contributed by atoms with Crippen LogP contribution in [0.5, 0.6) is 0 Å². The highest BCUT2D eigenvalue weighted by molar-refractivity contribution is 7.93. The maximum Gasteiger partial charge on any atom is 0.326 e. The first-order valence-corrected chi connectivity index (χ1v) is 9.10. The number of nitrogens with one attached hydrogen (secondary N) is 1. The second-order valence-electron chi connectivity index (χ2n) is 4.29. The predicted molar refractivity (Wildman–Crippen MR) is 70.2 cm³/mol. The number of carboxylic acids is 1. The van der Waals surface area contributed by atoms with E-state index < -0.39 is 43.4 Å². The Labute approximate surface area is 116 Å². The van der Waals surface area contributed by atoms with Crippen molar-refractivity contribution in [2.45, 2.75) is 6.04 Å². The van der Waals surface area contributed by atoms with Gasteiger partial charge in [-0.25, -0.2) is 16.8 Å². The normalized spacial score (nSPS) is 14.1. The SMILES string of the molecule is Cn1cc(C(NS(=O)(=O)CCS(C)(=O)=O)C(=O)O)cn1. The standard InChI is InChI=1S/C9H15N3O6S2/c1-12-6-7(5-10-12)8(9(13)14)11-20(17,18)4-3-19(2,15)16/h5-6,8,11H,3-4H2,1-2H3,(H,13,14). The smallest absolute Gasteiger partial charge is 0.326 e. The minimum atomic E-state index is -4.04. The second kappa shape index (κ2) is 5.89. The van der Waals surface area contributed by atoms with Crippen LogP contribution in [-0.4, -0.2) is 55.5 Å². The molecule has 1 atom stereocenters. The number of hydrogen-bond acceptors (Lipinski definition) is 6. The molecule has 114 valence electrons. The van der Waals surface area contributed by atoms with Crippen molar-refractivity contribution in [3.63, 3.8) is 0 Å². The number of aliphatic carboxylic acids is 1. The van der Waals surface area contributed by atoms with Crippen molar-refractivity contribution in [3.05, 3.63) is 18.0 Å². The van der Waals surface area contributed by atoms with Crippen LogP contribution in [0.2, 0.25) is 0 Å². The van der Waals surface area contributed by atoms with E-state index in [9.17, 15) is 21.6 Å². The van der Waals surface area contributed by atoms with Gasteiger partial charge in [0.1, 0.15) is 15.9 Å². The fourth-order valence-electron chi connectivity index (χ4n) is 1.35. The van der Waals surface area contributed by atoms with Gasteiger partial charge in [0.05, 0.1) is 17.7 Å². The lowest BCUT2D eigenvalue weighted by atomic mass is 10.2. The summed E-state index contributed by atoms with van der Waals surface area (Å²) in [4.78, 5) is 11.1. The van der Waals surface area contributed by atoms with Crippen molar-refractivity contribution in [3.8, 4) is 0 Å². The number of aryl methyl sites for hydroxylation is 1. The molecule has 0 aliphatic heterocycles. The fourth-order valence-corrected chi connectivity index (χ4v) is 4.15. The highest BCUT2D eigenvalue weighted by atomic mass is 32.2. The molecule has 0 radical (unpaired) electrons. The molecule has 1 aromatic rings. The molecule has 0 aliphatic rings. The average Bonchev–Trinajstić information content (AvgIpc) is 2.69. The lowest BCUT2D eigenvalue weighted by Crippen LogP contribution is -2.36. The zero-order chi connectivity index (χ0) is 15.6. The van der Waals surface area contributed by atoms with Crippen LogP contribution in [0.4, 0.5) is 0 Å². The van der Waals surface area contributed by atoms with E-state index in [0.717, 1.165) is 6.26 Å². The van der Waals surface area contributed by atoms with Crippen molar-refractivity contribution in [2.75, 3.05) is 17.8 Å². The van der Waals surface area contributed by atoms with E-state index in [-0.39, 0.29) is 5.56 Å². The van der Waals surface area contributed by atoms with Crippen molar-refractivity contribution >= 4 is 25.8 Å². The van der Waals surface area contributed by atoms with Gasteiger partial charge in [-0.15, -0.1) is 0 Å². The van der Waals surface area contributed by atoms with E-state index in [0.29, 0.717) is 0 Å². The molecule has 0 aliphatic carbocycles. The van der Waals surface area contributed by atoms with E-state index in [2.05, 4.69) is 5.10 Å². The predicted octanol–water partition coefficient (Wildman–Crippen LogP) is -1.49. The first-order valence-electron chi connectivity index (χ1n) is 5.39. The quantitative estimate of drug-likeness (QED) is 0.623. The summed E-state index contributed by atoms with van der Waals surface area (Å²) in [7, 11) is -5.95. The Morgan fingerprint density at radius 1 is 1.40 bits per heavy atom. The molecule has 0 aromatic carbocycles. The van der Waals surface area contributed by atoms with Crippen LogP contribution < -0.4 is 4.72 Å². The van der Waals surface area contributed by atoms with Crippen molar-refractivity contribution < 1.29 is 26.7 Å². The molecule has 1 unspecified atom stereocenters. The third-order valence-electron chi connectivity index (χ3n) is 2.33. The molecule has 11 heteroatoms. The lowest BCUT2D eigenvalue weighted by molar-refractivity contribution is -0.139. The van der Waals surface area contributed by atoms with Crippen molar-refractivity contribution in [1.29, 1.82) is 0 Å². The van der Waals surface area contributed by atoms with Gasteiger partial charge < -0.3 is 5.11 Å². The zero-order valence-corrected chi connectivity index (χ0v) is 12.5. The summed E-state index contributed by atoms with van der Waals surface area (Å²) in [5.41, 5.74) is 0.155. The number of nitrogens with zero attached hydrogens (tertiary/aromatic N) is 2. The number of sulfonamides is 1. The maximum atomic E-state index is 11.7. The summed E-state index contributed by atoms with van der Waals surface area (Å²) in [6.07, 6.45) is 3.48. The minimum Gasteiger partial charge on any atom is -0.480 e. The average molecular weight is 325 g/mol. The summed E-state index contributed by atoms with van der Waals surface area (Å²) < 4.78 is 48.6. The van der Waals surface area contributed by atoms with E-state index in [1.54, 1.807) is 7.05 Å². The molecule has 0 fully saturated rings. The number of hydrogen-bond donors (Lipinski definition) is 2. The van der Waals surface area contributed by atoms with Crippen LogP contribution in [-0.2, 0) is 31.7 Å². The van der Waals surface area contributed by atoms with Crippen LogP contribution in [0.25, 0.3) is 0 Å². The minimum absolute atomic E-state index is 0.155. The summed E-state index contributed by atoms with van der Waals surface area (Å²) in [6, 6.07) is -1.51. The number of aromatic nitrogens is 2. The van der Waals surface area contributed by atoms with Crippen LogP contribution in [0.3, 0.4) is 0 Å². The van der Waals surface area contributed by atoms with Crippen LogP contribution in [0.1, 0.15) is 11.6 Å². The molecule has 20 heavy (non-hydrogen) atoms. The van der Waals surface area contributed by atoms with Gasteiger partial charge in [-0.3, -0.25) is 9.48 Å². The van der Waals surface area contributed by atoms with Gasteiger partial charge in [-0.05, 0) is 0 Å². The molecule has 0 saturated carbocycles. The molecule has 9 nitrogen and oxygen atoms in total. The molecule has 0 amide bonds. The van der Waals surface area contributed by atoms with Gasteiger partial charge in [0.2, 0.25) is 10.0 Å². The molecular formula is C9H15N3O6S2. The van der Waals surface area contributed by atoms with Gasteiger partial charge in [-0.1, -0.05) is 0 Å². The number of rotatable bonds is 7. The Morgan fingerprint density at radius 3 is 2.40 bits per heavy atom. The largest absolute Gasteiger partial charge is 0.480 e. The number of carboxylic acid groups (broad SMARTS) is 1. The van der Waals surface area contributed by atoms with E-state index >= 15 is 0 Å². The van der Waals surface area contributed by atoms with Crippen molar-refractivity contribution in [1.82, 2.24) is 14.5 Å². The maximum absolute atomic E-state index is 11.7. The number of carbonyl (C=O) groups is 1. The molecular weight excluding hydrogens is 310 g/mol. The molecule has 0 spiro atoms. The highest BCUT2D eigenvalue weighted by Gasteiger charge is 2.27. The molecule has 0 saturated heterocycles. The fraction of sp³-hybridized carbons (Fsp3) is 0.556. The Hall–Kier alpha value is -1.46. The Bertz CT molecular complexity index is 691. The topological polar surface area (TPSA) is 135 Å². The first kappa shape index (κ1) is 16.6. The summed E-state index contributed by atoms with van der Waals surface area (Å²) in [5, 5.41) is 12.8. The van der Waals surface area contributed by atoms with Gasteiger partial charge in [0, 0.05) is 25.1 Å². The Balaban J connectivity index is 2.88. The summed E-state index contributed by atoms with van der Waals surface area (Å²) in [5.74, 6) is -2.68. The van der Waals surface area contributed by atoms with Gasteiger partial charge in [0.25, 0.3) is 0 Å². The summed E-state index contributed by atoms with van der Waals surface area (Å²) in [6.45, 7) is 0. The number of sulfone groups is 1. The van der Waals surface area contributed by atoms with E-state index in [1.807, 2.05) is 4.72 Å². The van der Waals surface area contributed by atoms with Crippen molar-refractivity contribution in [2.24, 2.45) is 7.05 Å². The van der Waals surface area contributed by atoms with Gasteiger partial charge in [0.15, 0.2) is 0 Å². The molecule has 1 aromatic heterocycles. The van der Waals surface area contributed by atoms with E-state index in [1.165, 1.54) is 17.1 Å². The third kappa shape index (κ3) is 5.27. The molecule has 1 rings (SSSR count). The van der Waals surface area contributed by atoms with Crippen LogP contribution >= 0.6 is 0 Å².